The Balaban J connectivity index is 1.29. The van der Waals surface area contributed by atoms with Gasteiger partial charge in [-0.2, -0.15) is 0 Å². The summed E-state index contributed by atoms with van der Waals surface area (Å²) in [4.78, 5) is 41.3. The number of fused-ring (bicyclic) bond motifs is 1. The molecule has 9 heteroatoms. The number of rotatable bonds is 7. The van der Waals surface area contributed by atoms with Crippen LogP contribution in [0.4, 0.5) is 16.2 Å². The van der Waals surface area contributed by atoms with Crippen molar-refractivity contribution in [2.75, 3.05) is 36.8 Å². The number of hydrogen-bond acceptors (Lipinski definition) is 3. The second-order valence-electron chi connectivity index (χ2n) is 9.50. The quantitative estimate of drug-likeness (QED) is 0.279. The minimum atomic E-state index is -0.671. The van der Waals surface area contributed by atoms with Crippen molar-refractivity contribution in [3.05, 3.63) is 71.5 Å². The summed E-state index contributed by atoms with van der Waals surface area (Å²) in [5.41, 5.74) is 10.7. The van der Waals surface area contributed by atoms with E-state index in [9.17, 15) is 14.4 Å². The number of likely N-dealkylation sites (tertiary alicyclic amines) is 1. The highest BCUT2D eigenvalue weighted by atomic mass is 16.2. The van der Waals surface area contributed by atoms with Crippen molar-refractivity contribution in [1.82, 2.24) is 10.3 Å². The largest absolute Gasteiger partial charge is 0.361 e. The first-order valence-electron chi connectivity index (χ1n) is 12.6. The van der Waals surface area contributed by atoms with Crippen LogP contribution in [0, 0.1) is 0 Å². The van der Waals surface area contributed by atoms with Crippen molar-refractivity contribution in [2.24, 2.45) is 5.73 Å². The molecule has 3 aromatic rings. The van der Waals surface area contributed by atoms with E-state index in [0.717, 1.165) is 23.4 Å². The van der Waals surface area contributed by atoms with Crippen molar-refractivity contribution < 1.29 is 19.3 Å². The third-order valence-corrected chi connectivity index (χ3v) is 6.86. The number of primary amides is 1. The number of piperidine rings is 1. The molecule has 0 spiro atoms. The van der Waals surface area contributed by atoms with Gasteiger partial charge in [0.2, 0.25) is 0 Å². The smallest absolute Gasteiger partial charge is 0.316 e. The Labute approximate surface area is 215 Å². The van der Waals surface area contributed by atoms with Crippen LogP contribution in [0.1, 0.15) is 40.9 Å². The van der Waals surface area contributed by atoms with Crippen LogP contribution in [0.15, 0.2) is 54.7 Å². The van der Waals surface area contributed by atoms with Gasteiger partial charge in [0.1, 0.15) is 0 Å². The van der Waals surface area contributed by atoms with Crippen LogP contribution in [-0.2, 0) is 4.79 Å². The number of nitrogens with two attached hydrogens (primary N) is 1. The van der Waals surface area contributed by atoms with E-state index in [0.29, 0.717) is 34.6 Å². The fourth-order valence-corrected chi connectivity index (χ4v) is 4.97. The Bertz CT molecular complexity index is 1370. The number of urea groups is 1. The van der Waals surface area contributed by atoms with Crippen molar-refractivity contribution in [3.8, 4) is 11.1 Å². The van der Waals surface area contributed by atoms with Gasteiger partial charge in [0.05, 0.1) is 31.8 Å². The van der Waals surface area contributed by atoms with Crippen LogP contribution in [-0.4, -0.2) is 49.0 Å². The average Bonchev–Trinajstić information content (AvgIpc) is 3.49. The number of aromatic nitrogens is 1. The van der Waals surface area contributed by atoms with E-state index in [2.05, 4.69) is 20.9 Å². The summed E-state index contributed by atoms with van der Waals surface area (Å²) in [6.07, 6.45) is 7.47. The molecule has 2 aromatic carbocycles. The Morgan fingerprint density at radius 3 is 2.68 bits per heavy atom. The zero-order chi connectivity index (χ0) is 25.8. The van der Waals surface area contributed by atoms with Crippen molar-refractivity contribution in [2.45, 2.75) is 19.3 Å². The van der Waals surface area contributed by atoms with E-state index in [-0.39, 0.29) is 11.8 Å². The Morgan fingerprint density at radius 2 is 1.86 bits per heavy atom. The summed E-state index contributed by atoms with van der Waals surface area (Å²) >= 11 is 0. The van der Waals surface area contributed by atoms with Gasteiger partial charge in [-0.25, -0.2) is 4.79 Å². The minimum Gasteiger partial charge on any atom is -0.361 e. The number of aromatic amines is 1. The van der Waals surface area contributed by atoms with Crippen molar-refractivity contribution in [1.29, 1.82) is 0 Å². The molecule has 1 aromatic heterocycles. The predicted octanol–water partition coefficient (Wildman–Crippen LogP) is 2.46. The lowest BCUT2D eigenvalue weighted by Gasteiger charge is -2.23. The number of carbonyl (C=O) groups is 3. The number of carbonyl (C=O) groups excluding carboxylic acids is 3. The number of quaternary nitrogens is 1. The number of amides is 4. The molecular weight excluding hydrogens is 468 g/mol. The maximum atomic E-state index is 12.7. The SMILES string of the molecule is NC(=O)Nc1ccc2c(c1)/C(=C/c1cc(-c3cccc(C(=O)NCC[NH+]4CCCCC4)c3)c[nH]1)C(=O)N2. The molecule has 0 aliphatic carbocycles. The normalized spacial score (nSPS) is 16.3. The van der Waals surface area contributed by atoms with E-state index >= 15 is 0 Å². The summed E-state index contributed by atoms with van der Waals surface area (Å²) in [7, 11) is 0. The minimum absolute atomic E-state index is 0.0734. The molecule has 1 fully saturated rings. The topological polar surface area (TPSA) is 134 Å². The molecule has 0 radical (unpaired) electrons. The molecule has 37 heavy (non-hydrogen) atoms. The third kappa shape index (κ3) is 5.73. The highest BCUT2D eigenvalue weighted by Gasteiger charge is 2.25. The number of benzene rings is 2. The summed E-state index contributed by atoms with van der Waals surface area (Å²) in [5, 5.41) is 8.42. The van der Waals surface area contributed by atoms with Crippen LogP contribution in [0.2, 0.25) is 0 Å². The highest BCUT2D eigenvalue weighted by Crippen LogP contribution is 2.35. The lowest BCUT2D eigenvalue weighted by Crippen LogP contribution is -3.13. The Morgan fingerprint density at radius 1 is 1.03 bits per heavy atom. The molecule has 7 N–H and O–H groups in total. The van der Waals surface area contributed by atoms with Gasteiger partial charge in [0, 0.05) is 34.4 Å². The number of anilines is 2. The first-order valence-corrected chi connectivity index (χ1v) is 12.6. The molecule has 0 saturated carbocycles. The molecule has 4 amide bonds. The van der Waals surface area contributed by atoms with Gasteiger partial charge in [0.25, 0.3) is 11.8 Å². The molecule has 5 rings (SSSR count). The molecule has 0 atom stereocenters. The molecule has 2 aliphatic rings. The molecule has 0 unspecified atom stereocenters. The van der Waals surface area contributed by atoms with Gasteiger partial charge < -0.3 is 31.6 Å². The zero-order valence-electron chi connectivity index (χ0n) is 20.5. The maximum Gasteiger partial charge on any atom is 0.316 e. The van der Waals surface area contributed by atoms with E-state index in [1.807, 2.05) is 36.5 Å². The van der Waals surface area contributed by atoms with Crippen LogP contribution < -0.4 is 26.6 Å². The van der Waals surface area contributed by atoms with Gasteiger partial charge in [-0.1, -0.05) is 12.1 Å². The first-order chi connectivity index (χ1) is 18.0. The zero-order valence-corrected chi connectivity index (χ0v) is 20.5. The molecule has 3 heterocycles. The lowest BCUT2D eigenvalue weighted by atomic mass is 10.0. The van der Waals surface area contributed by atoms with E-state index in [1.54, 1.807) is 29.2 Å². The van der Waals surface area contributed by atoms with Gasteiger partial charge in [-0.3, -0.25) is 9.59 Å². The Kier molecular flexibility index (Phi) is 7.04. The van der Waals surface area contributed by atoms with Gasteiger partial charge in [-0.05, 0) is 72.9 Å². The molecule has 0 bridgehead atoms. The number of hydrogen-bond donors (Lipinski definition) is 6. The predicted molar refractivity (Wildman–Crippen MR) is 144 cm³/mol. The summed E-state index contributed by atoms with van der Waals surface area (Å²) in [5.74, 6) is -0.303. The molecule has 190 valence electrons. The van der Waals surface area contributed by atoms with Crippen LogP contribution >= 0.6 is 0 Å². The maximum absolute atomic E-state index is 12.7. The fraction of sp³-hybridized carbons (Fsp3) is 0.250. The van der Waals surface area contributed by atoms with Crippen LogP contribution in [0.3, 0.4) is 0 Å². The second kappa shape index (κ2) is 10.7. The Hall–Kier alpha value is -4.37. The van der Waals surface area contributed by atoms with Crippen molar-refractivity contribution >= 4 is 40.9 Å². The molecule has 9 nitrogen and oxygen atoms in total. The van der Waals surface area contributed by atoms with Crippen LogP contribution in [0.5, 0.6) is 0 Å². The van der Waals surface area contributed by atoms with Gasteiger partial charge in [0.15, 0.2) is 0 Å². The molecule has 2 aliphatic heterocycles. The number of nitrogens with one attached hydrogen (secondary N) is 5. The van der Waals surface area contributed by atoms with E-state index in [4.69, 9.17) is 5.73 Å². The van der Waals surface area contributed by atoms with Gasteiger partial charge >= 0.3 is 6.03 Å². The standard InChI is InChI=1S/C28H30N6O3/c29-28(37)32-21-7-8-25-23(15-21)24(27(36)33-25)16-22-14-20(17-31-22)18-5-4-6-19(13-18)26(35)30-9-12-34-10-2-1-3-11-34/h4-8,13-17,31H,1-3,9-12H2,(H,30,35)(H,33,36)(H3,29,32,37)/p+1/b24-16-. The molecular formula is C28H31N6O3+. The van der Waals surface area contributed by atoms with Crippen LogP contribution in [0.25, 0.3) is 22.8 Å². The molecule has 1 saturated heterocycles. The van der Waals surface area contributed by atoms with Gasteiger partial charge in [-0.15, -0.1) is 0 Å². The first kappa shape index (κ1) is 24.3. The fourth-order valence-electron chi connectivity index (χ4n) is 4.97. The monoisotopic (exact) mass is 499 g/mol. The summed E-state index contributed by atoms with van der Waals surface area (Å²) in [6.45, 7) is 4.00. The summed E-state index contributed by atoms with van der Waals surface area (Å²) < 4.78 is 0. The third-order valence-electron chi connectivity index (χ3n) is 6.86. The summed E-state index contributed by atoms with van der Waals surface area (Å²) in [6, 6.07) is 13.9. The van der Waals surface area contributed by atoms with Crippen molar-refractivity contribution in [3.63, 3.8) is 0 Å². The van der Waals surface area contributed by atoms with E-state index in [1.165, 1.54) is 32.4 Å². The van der Waals surface area contributed by atoms with E-state index < -0.39 is 6.03 Å². The lowest BCUT2D eigenvalue weighted by molar-refractivity contribution is -0.903. The average molecular weight is 500 g/mol. The number of H-pyrrole nitrogens is 1. The highest BCUT2D eigenvalue weighted by molar-refractivity contribution is 6.35. The second-order valence-corrected chi connectivity index (χ2v) is 9.50.